The fourth-order valence-electron chi connectivity index (χ4n) is 7.60. The maximum Gasteiger partial charge on any atom is 0.305 e. The lowest BCUT2D eigenvalue weighted by Crippen LogP contribution is -2.63. The third-order valence-electron chi connectivity index (χ3n) is 11.3. The highest BCUT2D eigenvalue weighted by molar-refractivity contribution is 5.94. The van der Waals surface area contributed by atoms with Crippen LogP contribution in [0.1, 0.15) is 74.0 Å². The number of carbonyl (C=O) groups excluding carboxylic acids is 6. The highest BCUT2D eigenvalue weighted by Crippen LogP contribution is 2.23. The number of hydrogen-bond acceptors (Lipinski definition) is 16. The van der Waals surface area contributed by atoms with Crippen LogP contribution >= 0.6 is 0 Å². The molecule has 9 atom stereocenters. The first-order valence-corrected chi connectivity index (χ1v) is 22.6. The number of benzene rings is 1. The smallest absolute Gasteiger partial charge is 0.305 e. The Bertz CT molecular complexity index is 2280. The molecule has 0 spiro atoms. The number of amides is 6. The van der Waals surface area contributed by atoms with Crippen LogP contribution < -0.4 is 43.4 Å². The van der Waals surface area contributed by atoms with Crippen LogP contribution in [0.3, 0.4) is 0 Å². The van der Waals surface area contributed by atoms with Gasteiger partial charge in [0, 0.05) is 25.8 Å². The molecular formula is C42H60FN15O12. The molecular weight excluding hydrogens is 926 g/mol. The first-order valence-electron chi connectivity index (χ1n) is 22.6. The molecule has 5 rings (SSSR count). The summed E-state index contributed by atoms with van der Waals surface area (Å²) in [6.45, 7) is -1.79. The minimum Gasteiger partial charge on any atom is -0.481 e. The number of alkyl halides is 1. The summed E-state index contributed by atoms with van der Waals surface area (Å²) in [6, 6.07) is 4.03. The van der Waals surface area contributed by atoms with E-state index in [1.165, 1.54) is 21.8 Å². The Morgan fingerprint density at radius 1 is 0.843 bits per heavy atom. The molecule has 2 aromatic heterocycles. The van der Waals surface area contributed by atoms with Crippen molar-refractivity contribution in [3.8, 4) is 0 Å². The Hall–Kier alpha value is -7.17. The highest BCUT2D eigenvalue weighted by atomic mass is 19.1. The van der Waals surface area contributed by atoms with Gasteiger partial charge >= 0.3 is 5.97 Å². The number of aliphatic hydroxyl groups excluding tert-OH is 3. The van der Waals surface area contributed by atoms with Crippen LogP contribution in [0.5, 0.6) is 0 Å². The second-order valence-electron chi connectivity index (χ2n) is 16.7. The quantitative estimate of drug-likeness (QED) is 0.0271. The molecule has 3 aromatic rings. The van der Waals surface area contributed by atoms with E-state index >= 15 is 0 Å². The molecule has 1 aromatic carbocycles. The summed E-state index contributed by atoms with van der Waals surface area (Å²) in [5, 5.41) is 73.1. The number of aromatic nitrogens is 6. The molecule has 0 saturated carbocycles. The van der Waals surface area contributed by atoms with E-state index in [4.69, 9.17) is 16.2 Å². The number of aliphatic imine (C=N–C) groups is 1. The van der Waals surface area contributed by atoms with E-state index in [1.807, 2.05) is 0 Å². The average Bonchev–Trinajstić information content (AvgIpc) is 4.00. The number of ether oxygens (including phenoxy) is 1. The molecule has 4 heterocycles. The monoisotopic (exact) mass is 985 g/mol. The first-order chi connectivity index (χ1) is 33.5. The summed E-state index contributed by atoms with van der Waals surface area (Å²) in [5.74, 6) is -6.22. The van der Waals surface area contributed by atoms with Crippen LogP contribution in [-0.2, 0) is 57.7 Å². The van der Waals surface area contributed by atoms with Crippen LogP contribution in [0.25, 0.3) is 0 Å². The SMILES string of the molecule is NC(N)=NCCC[C@@H]1NC(=O)[C@H](CCCCNC(=O)C2O[C@H](CNC(=O)Cn3cc(CCCF)nn3)[C@@H](O)C(O)[C@@H]2O)n2cc(nn2)[C@H](Cc2ccccc2)NC(=O)[C@H](CC(=O)O)NC(=O)CNC1=O. The standard InChI is InChI=1S/C42H60FN15O12/c43-13-6-10-24-20-57(55-53-24)22-32(60)48-18-30-34(63)35(64)36(65)37(70-30)41(69)46-14-5-4-12-29-40(68)51-25(11-7-15-47-42(44)45)38(66)49-19-31(59)50-27(17-33(61)62)39(67)52-26(28-21-58(29)56-54-28)16-23-8-2-1-3-9-23/h1-3,8-9,20-21,25-27,29-30,34-37,63-65H,4-7,10-19,22H2,(H,46,69)(H,48,60)(H,49,66)(H,50,59)(H,51,68)(H,52,67)(H,61,62)(H4,44,45,47)/t25-,26-,27-,29-,30+,34+,35?,36-,37?/m0/s1. The Balaban J connectivity index is 1.28. The second kappa shape index (κ2) is 26.5. The van der Waals surface area contributed by atoms with Gasteiger partial charge in [-0.25, -0.2) is 9.36 Å². The predicted octanol–water partition coefficient (Wildman–Crippen LogP) is -4.71. The van der Waals surface area contributed by atoms with Crippen LogP contribution in [0.2, 0.25) is 0 Å². The van der Waals surface area contributed by atoms with Crippen LogP contribution in [0.4, 0.5) is 4.39 Å². The van der Waals surface area contributed by atoms with Gasteiger partial charge in [0.05, 0.1) is 37.6 Å². The van der Waals surface area contributed by atoms with Crippen molar-refractivity contribution >= 4 is 47.4 Å². The lowest BCUT2D eigenvalue weighted by molar-refractivity contribution is -0.219. The van der Waals surface area contributed by atoms with Gasteiger partial charge in [0.15, 0.2) is 12.1 Å². The Morgan fingerprint density at radius 2 is 1.60 bits per heavy atom. The number of aryl methyl sites for hydroxylation is 1. The molecule has 2 unspecified atom stereocenters. The maximum absolute atomic E-state index is 14.2. The Kier molecular flexibility index (Phi) is 20.4. The number of carboxylic acids is 1. The van der Waals surface area contributed by atoms with Crippen LogP contribution in [0.15, 0.2) is 47.7 Å². The number of guanidine groups is 1. The minimum atomic E-state index is -1.85. The van der Waals surface area contributed by atoms with E-state index in [1.54, 1.807) is 30.3 Å². The Morgan fingerprint density at radius 3 is 2.33 bits per heavy atom. The number of aliphatic hydroxyl groups is 3. The number of unbranched alkanes of at least 4 members (excludes halogenated alkanes) is 1. The van der Waals surface area contributed by atoms with Gasteiger partial charge in [0.1, 0.15) is 54.8 Å². The lowest BCUT2D eigenvalue weighted by atomic mass is 9.94. The van der Waals surface area contributed by atoms with E-state index in [2.05, 4.69) is 57.5 Å². The molecule has 0 aliphatic carbocycles. The van der Waals surface area contributed by atoms with Crippen molar-refractivity contribution in [3.63, 3.8) is 0 Å². The number of fused-ring (bicyclic) bond motifs is 2. The van der Waals surface area contributed by atoms with Gasteiger partial charge in [-0.1, -0.05) is 40.8 Å². The van der Waals surface area contributed by atoms with E-state index in [0.29, 0.717) is 12.1 Å². The number of rotatable bonds is 21. The van der Waals surface area contributed by atoms with Crippen molar-refractivity contribution in [2.24, 2.45) is 16.5 Å². The molecule has 2 aliphatic heterocycles. The van der Waals surface area contributed by atoms with Gasteiger partial charge in [0.25, 0.3) is 5.91 Å². The fraction of sp³-hybridized carbons (Fsp3) is 0.571. The summed E-state index contributed by atoms with van der Waals surface area (Å²) in [7, 11) is 0. The highest BCUT2D eigenvalue weighted by Gasteiger charge is 2.46. The molecule has 70 heavy (non-hydrogen) atoms. The number of hydrogen-bond donors (Lipinski definition) is 12. The fourth-order valence-corrected chi connectivity index (χ4v) is 7.60. The van der Waals surface area contributed by atoms with Gasteiger partial charge < -0.3 is 68.5 Å². The predicted molar refractivity (Wildman–Crippen MR) is 240 cm³/mol. The zero-order valence-corrected chi connectivity index (χ0v) is 38.1. The molecule has 27 nitrogen and oxygen atoms in total. The number of nitrogens with zero attached hydrogens (tertiary/aromatic N) is 7. The van der Waals surface area contributed by atoms with E-state index in [0.717, 1.165) is 5.56 Å². The third-order valence-corrected chi connectivity index (χ3v) is 11.3. The summed E-state index contributed by atoms with van der Waals surface area (Å²) >= 11 is 0. The van der Waals surface area contributed by atoms with Gasteiger partial charge in [-0.15, -0.1) is 10.2 Å². The van der Waals surface area contributed by atoms with Crippen molar-refractivity contribution in [2.45, 2.75) is 119 Å². The summed E-state index contributed by atoms with van der Waals surface area (Å²) in [5.41, 5.74) is 12.3. The van der Waals surface area contributed by atoms with Crippen molar-refractivity contribution < 1.29 is 63.1 Å². The summed E-state index contributed by atoms with van der Waals surface area (Å²) in [6.07, 6.45) is -4.80. The number of carboxylic acid groups (broad SMARTS) is 1. The van der Waals surface area contributed by atoms with Crippen molar-refractivity contribution in [2.75, 3.05) is 32.9 Å². The minimum absolute atomic E-state index is 0.00182. The molecule has 2 bridgehead atoms. The van der Waals surface area contributed by atoms with Crippen molar-refractivity contribution in [1.82, 2.24) is 61.9 Å². The van der Waals surface area contributed by atoms with Gasteiger partial charge in [-0.05, 0) is 56.9 Å². The molecule has 28 heteroatoms. The lowest BCUT2D eigenvalue weighted by Gasteiger charge is -2.40. The summed E-state index contributed by atoms with van der Waals surface area (Å²) < 4.78 is 20.7. The molecule has 0 radical (unpaired) electrons. The van der Waals surface area contributed by atoms with E-state index in [-0.39, 0.29) is 82.8 Å². The molecule has 1 saturated heterocycles. The molecule has 6 amide bonds. The molecule has 382 valence electrons. The largest absolute Gasteiger partial charge is 0.481 e. The number of carbonyl (C=O) groups is 7. The number of aliphatic carboxylic acids is 1. The van der Waals surface area contributed by atoms with Gasteiger partial charge in [-0.2, -0.15) is 0 Å². The molecule has 1 fully saturated rings. The number of halogens is 1. The summed E-state index contributed by atoms with van der Waals surface area (Å²) in [4.78, 5) is 96.0. The van der Waals surface area contributed by atoms with E-state index in [9.17, 15) is 58.4 Å². The van der Waals surface area contributed by atoms with Gasteiger partial charge in [0.2, 0.25) is 29.5 Å². The van der Waals surface area contributed by atoms with Gasteiger partial charge in [-0.3, -0.25) is 42.9 Å². The topological polar surface area (TPSA) is 408 Å². The Labute approximate surface area is 399 Å². The molecule has 2 aliphatic rings. The zero-order valence-electron chi connectivity index (χ0n) is 38.1. The van der Waals surface area contributed by atoms with Crippen LogP contribution in [0, 0.1) is 0 Å². The van der Waals surface area contributed by atoms with Crippen molar-refractivity contribution in [1.29, 1.82) is 0 Å². The average molecular weight is 986 g/mol. The van der Waals surface area contributed by atoms with Crippen LogP contribution in [-0.4, -0.2) is 173 Å². The normalized spacial score (nSPS) is 24.3. The molecule has 14 N–H and O–H groups in total. The van der Waals surface area contributed by atoms with Crippen molar-refractivity contribution in [3.05, 3.63) is 59.7 Å². The zero-order chi connectivity index (χ0) is 50.7. The second-order valence-corrected chi connectivity index (χ2v) is 16.7. The number of nitrogens with two attached hydrogens (primary N) is 2. The maximum atomic E-state index is 14.2. The number of nitrogens with one attached hydrogen (secondary N) is 6. The third kappa shape index (κ3) is 16.2. The first kappa shape index (κ1) is 53.8. The van der Waals surface area contributed by atoms with E-state index < -0.39 is 116 Å².